The van der Waals surface area contributed by atoms with Crippen molar-refractivity contribution in [1.82, 2.24) is 10.2 Å². The van der Waals surface area contributed by atoms with Crippen LogP contribution in [0.4, 0.5) is 5.69 Å². The van der Waals surface area contributed by atoms with Gasteiger partial charge in [-0.3, -0.25) is 9.59 Å². The molecule has 0 aliphatic heterocycles. The maximum atomic E-state index is 12.3. The van der Waals surface area contributed by atoms with Crippen LogP contribution in [-0.2, 0) is 0 Å². The van der Waals surface area contributed by atoms with Crippen molar-refractivity contribution in [3.8, 4) is 17.0 Å². The van der Waals surface area contributed by atoms with Gasteiger partial charge in [0.25, 0.3) is 11.5 Å². The first kappa shape index (κ1) is 15.5. The molecule has 0 saturated carbocycles. The van der Waals surface area contributed by atoms with E-state index in [9.17, 15) is 9.59 Å². The van der Waals surface area contributed by atoms with Crippen LogP contribution in [0.25, 0.3) is 11.3 Å². The molecule has 2 N–H and O–H groups in total. The van der Waals surface area contributed by atoms with Crippen LogP contribution in [0.1, 0.15) is 10.4 Å². The monoisotopic (exact) mass is 321 g/mol. The molecule has 6 nitrogen and oxygen atoms in total. The summed E-state index contributed by atoms with van der Waals surface area (Å²) in [5, 5.41) is 9.21. The summed E-state index contributed by atoms with van der Waals surface area (Å²) < 4.78 is 5.08. The number of nitrogens with zero attached hydrogens (tertiary/aromatic N) is 1. The highest BCUT2D eigenvalue weighted by atomic mass is 16.5. The largest absolute Gasteiger partial charge is 0.497 e. The summed E-state index contributed by atoms with van der Waals surface area (Å²) in [7, 11) is 1.57. The van der Waals surface area contributed by atoms with E-state index in [-0.39, 0.29) is 11.5 Å². The van der Waals surface area contributed by atoms with Crippen molar-refractivity contribution >= 4 is 11.6 Å². The van der Waals surface area contributed by atoms with E-state index in [2.05, 4.69) is 15.5 Å². The minimum atomic E-state index is -0.261. The van der Waals surface area contributed by atoms with Crippen LogP contribution in [0.2, 0.25) is 0 Å². The summed E-state index contributed by atoms with van der Waals surface area (Å²) in [5.74, 6) is 0.474. The van der Waals surface area contributed by atoms with E-state index in [1.807, 2.05) is 12.1 Å². The third-order valence-electron chi connectivity index (χ3n) is 3.45. The fourth-order valence-electron chi connectivity index (χ4n) is 2.21. The summed E-state index contributed by atoms with van der Waals surface area (Å²) in [4.78, 5) is 23.4. The molecule has 0 spiro atoms. The Morgan fingerprint density at radius 3 is 2.54 bits per heavy atom. The number of amides is 1. The lowest BCUT2D eigenvalue weighted by atomic mass is 10.1. The number of carbonyl (C=O) groups excluding carboxylic acids is 1. The zero-order valence-electron chi connectivity index (χ0n) is 12.9. The molecule has 2 aromatic carbocycles. The van der Waals surface area contributed by atoms with Crippen LogP contribution in [-0.4, -0.2) is 23.2 Å². The average Bonchev–Trinajstić information content (AvgIpc) is 2.62. The highest BCUT2D eigenvalue weighted by Crippen LogP contribution is 2.20. The molecular formula is C18H15N3O3. The summed E-state index contributed by atoms with van der Waals surface area (Å²) in [5.41, 5.74) is 2.32. The number of H-pyrrole nitrogens is 1. The minimum Gasteiger partial charge on any atom is -0.497 e. The molecule has 0 unspecified atom stereocenters. The third kappa shape index (κ3) is 3.49. The van der Waals surface area contributed by atoms with Gasteiger partial charge in [0, 0.05) is 22.9 Å². The number of hydrogen-bond donors (Lipinski definition) is 2. The SMILES string of the molecule is COc1ccc(C(=O)Nc2cccc(-c3ccc(=O)[nH]n3)c2)cc1. The molecule has 1 aromatic heterocycles. The van der Waals surface area contributed by atoms with Gasteiger partial charge in [-0.15, -0.1) is 0 Å². The molecule has 120 valence electrons. The van der Waals surface area contributed by atoms with Crippen molar-refractivity contribution in [2.75, 3.05) is 12.4 Å². The number of hydrogen-bond acceptors (Lipinski definition) is 4. The lowest BCUT2D eigenvalue weighted by molar-refractivity contribution is 0.102. The average molecular weight is 321 g/mol. The number of aromatic amines is 1. The van der Waals surface area contributed by atoms with Crippen molar-refractivity contribution < 1.29 is 9.53 Å². The molecule has 0 aliphatic rings. The number of anilines is 1. The van der Waals surface area contributed by atoms with Crippen LogP contribution >= 0.6 is 0 Å². The quantitative estimate of drug-likeness (QED) is 0.774. The molecule has 1 amide bonds. The maximum absolute atomic E-state index is 12.3. The first-order chi connectivity index (χ1) is 11.7. The van der Waals surface area contributed by atoms with Gasteiger partial charge in [0.15, 0.2) is 0 Å². The Morgan fingerprint density at radius 2 is 1.88 bits per heavy atom. The number of ether oxygens (including phenoxy) is 1. The number of rotatable bonds is 4. The van der Waals surface area contributed by atoms with Gasteiger partial charge in [0.1, 0.15) is 5.75 Å². The predicted molar refractivity (Wildman–Crippen MR) is 91.2 cm³/mol. The second-order valence-electron chi connectivity index (χ2n) is 5.07. The van der Waals surface area contributed by atoms with Gasteiger partial charge >= 0.3 is 0 Å². The van der Waals surface area contributed by atoms with Crippen molar-refractivity contribution in [3.63, 3.8) is 0 Å². The number of benzene rings is 2. The highest BCUT2D eigenvalue weighted by Gasteiger charge is 2.07. The topological polar surface area (TPSA) is 84.1 Å². The molecule has 0 fully saturated rings. The molecule has 24 heavy (non-hydrogen) atoms. The molecule has 1 heterocycles. The van der Waals surface area contributed by atoms with Crippen LogP contribution in [0.15, 0.2) is 65.5 Å². The highest BCUT2D eigenvalue weighted by molar-refractivity contribution is 6.04. The lowest BCUT2D eigenvalue weighted by Crippen LogP contribution is -2.11. The molecule has 3 rings (SSSR count). The van der Waals surface area contributed by atoms with Crippen molar-refractivity contribution in [3.05, 3.63) is 76.6 Å². The van der Waals surface area contributed by atoms with Gasteiger partial charge in [0.2, 0.25) is 0 Å². The summed E-state index contributed by atoms with van der Waals surface area (Å²) in [6.07, 6.45) is 0. The first-order valence-electron chi connectivity index (χ1n) is 7.27. The van der Waals surface area contributed by atoms with Gasteiger partial charge < -0.3 is 10.1 Å². The Kier molecular flexibility index (Phi) is 4.38. The Balaban J connectivity index is 1.79. The zero-order chi connectivity index (χ0) is 16.9. The number of carbonyl (C=O) groups is 1. The molecule has 0 bridgehead atoms. The van der Waals surface area contributed by atoms with E-state index in [0.29, 0.717) is 22.7 Å². The second-order valence-corrected chi connectivity index (χ2v) is 5.07. The van der Waals surface area contributed by atoms with E-state index in [0.717, 1.165) is 5.56 Å². The molecule has 3 aromatic rings. The summed E-state index contributed by atoms with van der Waals surface area (Å²) >= 11 is 0. The Bertz CT molecular complexity index is 897. The normalized spacial score (nSPS) is 10.2. The van der Waals surface area contributed by atoms with E-state index in [1.165, 1.54) is 6.07 Å². The van der Waals surface area contributed by atoms with E-state index >= 15 is 0 Å². The van der Waals surface area contributed by atoms with E-state index < -0.39 is 0 Å². The smallest absolute Gasteiger partial charge is 0.264 e. The van der Waals surface area contributed by atoms with Gasteiger partial charge in [0.05, 0.1) is 12.8 Å². The van der Waals surface area contributed by atoms with E-state index in [1.54, 1.807) is 49.6 Å². The van der Waals surface area contributed by atoms with Crippen molar-refractivity contribution in [2.24, 2.45) is 0 Å². The molecule has 0 radical (unpaired) electrons. The van der Waals surface area contributed by atoms with E-state index in [4.69, 9.17) is 4.74 Å². The number of methoxy groups -OCH3 is 1. The van der Waals surface area contributed by atoms with Gasteiger partial charge in [-0.2, -0.15) is 5.10 Å². The van der Waals surface area contributed by atoms with Gasteiger partial charge in [-0.05, 0) is 42.5 Å². The van der Waals surface area contributed by atoms with Crippen LogP contribution in [0.5, 0.6) is 5.75 Å². The van der Waals surface area contributed by atoms with Crippen molar-refractivity contribution in [2.45, 2.75) is 0 Å². The molecule has 6 heteroatoms. The standard InChI is InChI=1S/C18H15N3O3/c1-24-15-7-5-12(6-8-15)18(23)19-14-4-2-3-13(11-14)16-9-10-17(22)21-20-16/h2-11H,1H3,(H,19,23)(H,21,22). The Morgan fingerprint density at radius 1 is 1.08 bits per heavy atom. The number of aromatic nitrogens is 2. The lowest BCUT2D eigenvalue weighted by Gasteiger charge is -2.08. The number of nitrogens with one attached hydrogen (secondary N) is 2. The predicted octanol–water partition coefficient (Wildman–Crippen LogP) is 2.70. The van der Waals surface area contributed by atoms with Crippen LogP contribution in [0.3, 0.4) is 0 Å². The molecule has 0 aliphatic carbocycles. The van der Waals surface area contributed by atoms with Crippen LogP contribution < -0.4 is 15.6 Å². The molecular weight excluding hydrogens is 306 g/mol. The molecule has 0 saturated heterocycles. The second kappa shape index (κ2) is 6.78. The molecule has 0 atom stereocenters. The van der Waals surface area contributed by atoms with Gasteiger partial charge in [-0.1, -0.05) is 12.1 Å². The summed E-state index contributed by atoms with van der Waals surface area (Å²) in [6, 6.07) is 17.1. The third-order valence-corrected chi connectivity index (χ3v) is 3.45. The Hall–Kier alpha value is -3.41. The first-order valence-corrected chi connectivity index (χ1v) is 7.27. The zero-order valence-corrected chi connectivity index (χ0v) is 12.9. The van der Waals surface area contributed by atoms with Crippen molar-refractivity contribution in [1.29, 1.82) is 0 Å². The maximum Gasteiger partial charge on any atom is 0.264 e. The summed E-state index contributed by atoms with van der Waals surface area (Å²) in [6.45, 7) is 0. The van der Waals surface area contributed by atoms with Gasteiger partial charge in [-0.25, -0.2) is 5.10 Å². The fraction of sp³-hybridized carbons (Fsp3) is 0.0556. The Labute approximate surface area is 138 Å². The minimum absolute atomic E-state index is 0.218. The fourth-order valence-corrected chi connectivity index (χ4v) is 2.21. The van der Waals surface area contributed by atoms with Crippen LogP contribution in [0, 0.1) is 0 Å².